The van der Waals surface area contributed by atoms with Crippen LogP contribution in [0.25, 0.3) is 0 Å². The molecule has 0 saturated carbocycles. The number of benzene rings is 1. The molecule has 98 valence electrons. The molecule has 1 saturated heterocycles. The quantitative estimate of drug-likeness (QED) is 0.802. The fourth-order valence-corrected chi connectivity index (χ4v) is 2.02. The second-order valence-corrected chi connectivity index (χ2v) is 4.50. The van der Waals surface area contributed by atoms with Crippen LogP contribution in [0.3, 0.4) is 0 Å². The van der Waals surface area contributed by atoms with E-state index >= 15 is 0 Å². The molecule has 1 fully saturated rings. The Morgan fingerprint density at radius 1 is 1.44 bits per heavy atom. The highest BCUT2D eigenvalue weighted by atomic mass is 19.1. The molecule has 3 N–H and O–H groups in total. The first-order valence-electron chi connectivity index (χ1n) is 6.08. The fourth-order valence-electron chi connectivity index (χ4n) is 2.02. The van der Waals surface area contributed by atoms with Crippen LogP contribution in [0.15, 0.2) is 18.2 Å². The van der Waals surface area contributed by atoms with Crippen LogP contribution in [0.1, 0.15) is 23.2 Å². The molecule has 1 aromatic rings. The predicted octanol–water partition coefficient (Wildman–Crippen LogP) is 1.56. The number of hydrogen-bond acceptors (Lipinski definition) is 3. The maximum atomic E-state index is 12.9. The van der Waals surface area contributed by atoms with Gasteiger partial charge in [-0.25, -0.2) is 4.39 Å². The molecular weight excluding hydrogens is 235 g/mol. The number of amides is 1. The van der Waals surface area contributed by atoms with E-state index in [2.05, 4.69) is 5.32 Å². The molecule has 2 rings (SSSR count). The maximum absolute atomic E-state index is 12.9. The van der Waals surface area contributed by atoms with Crippen molar-refractivity contribution in [2.45, 2.75) is 12.8 Å². The summed E-state index contributed by atoms with van der Waals surface area (Å²) in [6, 6.07) is 3.80. The minimum absolute atomic E-state index is 0.166. The zero-order chi connectivity index (χ0) is 13.0. The van der Waals surface area contributed by atoms with Crippen LogP contribution < -0.4 is 11.1 Å². The summed E-state index contributed by atoms with van der Waals surface area (Å²) in [4.78, 5) is 11.9. The van der Waals surface area contributed by atoms with Gasteiger partial charge in [0.2, 0.25) is 0 Å². The molecule has 5 heteroatoms. The second-order valence-electron chi connectivity index (χ2n) is 4.50. The van der Waals surface area contributed by atoms with Gasteiger partial charge in [0.15, 0.2) is 0 Å². The maximum Gasteiger partial charge on any atom is 0.253 e. The van der Waals surface area contributed by atoms with Crippen LogP contribution in [0.4, 0.5) is 10.1 Å². The molecule has 0 unspecified atom stereocenters. The van der Waals surface area contributed by atoms with Crippen molar-refractivity contribution in [3.8, 4) is 0 Å². The molecule has 1 aromatic carbocycles. The normalized spacial score (nSPS) is 16.5. The Hall–Kier alpha value is -1.62. The average molecular weight is 252 g/mol. The van der Waals surface area contributed by atoms with E-state index in [0.29, 0.717) is 18.0 Å². The van der Waals surface area contributed by atoms with Crippen molar-refractivity contribution in [1.29, 1.82) is 0 Å². The number of nitrogens with one attached hydrogen (secondary N) is 1. The highest BCUT2D eigenvalue weighted by molar-refractivity contribution is 5.99. The molecule has 1 amide bonds. The van der Waals surface area contributed by atoms with Crippen molar-refractivity contribution >= 4 is 11.6 Å². The van der Waals surface area contributed by atoms with Crippen molar-refractivity contribution in [3.63, 3.8) is 0 Å². The van der Waals surface area contributed by atoms with E-state index in [4.69, 9.17) is 10.5 Å². The second kappa shape index (κ2) is 5.82. The van der Waals surface area contributed by atoms with Gasteiger partial charge in [0.25, 0.3) is 5.91 Å². The van der Waals surface area contributed by atoms with Gasteiger partial charge < -0.3 is 15.8 Å². The smallest absolute Gasteiger partial charge is 0.253 e. The summed E-state index contributed by atoms with van der Waals surface area (Å²) < 4.78 is 18.1. The number of carbonyl (C=O) groups excluding carboxylic acids is 1. The number of halogens is 1. The summed E-state index contributed by atoms with van der Waals surface area (Å²) in [6.07, 6.45) is 1.92. The summed E-state index contributed by atoms with van der Waals surface area (Å²) in [5.41, 5.74) is 6.10. The number of carbonyl (C=O) groups is 1. The third-order valence-electron chi connectivity index (χ3n) is 3.15. The van der Waals surface area contributed by atoms with Gasteiger partial charge in [0, 0.05) is 25.4 Å². The van der Waals surface area contributed by atoms with Gasteiger partial charge in [0.05, 0.1) is 5.56 Å². The largest absolute Gasteiger partial charge is 0.398 e. The SMILES string of the molecule is Nc1cc(F)ccc1C(=O)NCC1CCOCC1. The lowest BCUT2D eigenvalue weighted by Gasteiger charge is -2.22. The van der Waals surface area contributed by atoms with Crippen LogP contribution in [-0.4, -0.2) is 25.7 Å². The summed E-state index contributed by atoms with van der Waals surface area (Å²) in [5.74, 6) is -0.239. The molecule has 0 bridgehead atoms. The molecule has 0 aliphatic carbocycles. The molecule has 1 heterocycles. The van der Waals surface area contributed by atoms with Crippen LogP contribution in [0, 0.1) is 11.7 Å². The highest BCUT2D eigenvalue weighted by Gasteiger charge is 2.16. The van der Waals surface area contributed by atoms with Gasteiger partial charge in [0.1, 0.15) is 5.82 Å². The Labute approximate surface area is 105 Å². The lowest BCUT2D eigenvalue weighted by Crippen LogP contribution is -2.32. The molecule has 0 spiro atoms. The zero-order valence-corrected chi connectivity index (χ0v) is 10.1. The minimum atomic E-state index is -0.437. The molecule has 0 radical (unpaired) electrons. The molecule has 1 aliphatic rings. The van der Waals surface area contributed by atoms with E-state index in [1.807, 2.05) is 0 Å². The van der Waals surface area contributed by atoms with E-state index in [1.165, 1.54) is 12.1 Å². The number of anilines is 1. The first kappa shape index (κ1) is 12.8. The lowest BCUT2D eigenvalue weighted by atomic mass is 10.0. The lowest BCUT2D eigenvalue weighted by molar-refractivity contribution is 0.0643. The average Bonchev–Trinajstić information content (AvgIpc) is 2.37. The van der Waals surface area contributed by atoms with Gasteiger partial charge >= 0.3 is 0 Å². The fraction of sp³-hybridized carbons (Fsp3) is 0.462. The van der Waals surface area contributed by atoms with Crippen molar-refractivity contribution in [1.82, 2.24) is 5.32 Å². The third kappa shape index (κ3) is 3.20. The van der Waals surface area contributed by atoms with E-state index < -0.39 is 5.82 Å². The van der Waals surface area contributed by atoms with Crippen molar-refractivity contribution in [2.24, 2.45) is 5.92 Å². The van der Waals surface area contributed by atoms with Crippen LogP contribution >= 0.6 is 0 Å². The molecule has 1 aliphatic heterocycles. The third-order valence-corrected chi connectivity index (χ3v) is 3.15. The number of nitrogen functional groups attached to an aromatic ring is 1. The number of rotatable bonds is 3. The summed E-state index contributed by atoms with van der Waals surface area (Å²) >= 11 is 0. The van der Waals surface area contributed by atoms with Gasteiger partial charge in [-0.05, 0) is 37.0 Å². The van der Waals surface area contributed by atoms with E-state index in [9.17, 15) is 9.18 Å². The predicted molar refractivity (Wildman–Crippen MR) is 66.7 cm³/mol. The van der Waals surface area contributed by atoms with Gasteiger partial charge in [-0.15, -0.1) is 0 Å². The van der Waals surface area contributed by atoms with E-state index in [0.717, 1.165) is 32.1 Å². The molecule has 18 heavy (non-hydrogen) atoms. The Kier molecular flexibility index (Phi) is 4.15. The zero-order valence-electron chi connectivity index (χ0n) is 10.1. The van der Waals surface area contributed by atoms with Crippen molar-refractivity contribution in [3.05, 3.63) is 29.6 Å². The Bertz CT molecular complexity index is 431. The number of nitrogens with two attached hydrogens (primary N) is 1. The standard InChI is InChI=1S/C13H17FN2O2/c14-10-1-2-11(12(15)7-10)13(17)16-8-9-3-5-18-6-4-9/h1-2,7,9H,3-6,8,15H2,(H,16,17). The van der Waals surface area contributed by atoms with Crippen molar-refractivity contribution < 1.29 is 13.9 Å². The number of ether oxygens (including phenoxy) is 1. The molecule has 4 nitrogen and oxygen atoms in total. The summed E-state index contributed by atoms with van der Waals surface area (Å²) in [7, 11) is 0. The minimum Gasteiger partial charge on any atom is -0.398 e. The summed E-state index contributed by atoms with van der Waals surface area (Å²) in [5, 5.41) is 2.83. The van der Waals surface area contributed by atoms with Crippen LogP contribution in [-0.2, 0) is 4.74 Å². The van der Waals surface area contributed by atoms with E-state index in [-0.39, 0.29) is 11.6 Å². The van der Waals surface area contributed by atoms with Crippen molar-refractivity contribution in [2.75, 3.05) is 25.5 Å². The first-order valence-corrected chi connectivity index (χ1v) is 6.08. The Morgan fingerprint density at radius 3 is 2.83 bits per heavy atom. The molecule has 0 atom stereocenters. The first-order chi connectivity index (χ1) is 8.66. The van der Waals surface area contributed by atoms with Gasteiger partial charge in [-0.3, -0.25) is 4.79 Å². The topological polar surface area (TPSA) is 64.4 Å². The van der Waals surface area contributed by atoms with Crippen LogP contribution in [0.2, 0.25) is 0 Å². The monoisotopic (exact) mass is 252 g/mol. The van der Waals surface area contributed by atoms with E-state index in [1.54, 1.807) is 0 Å². The number of hydrogen-bond donors (Lipinski definition) is 2. The van der Waals surface area contributed by atoms with Crippen LogP contribution in [0.5, 0.6) is 0 Å². The van der Waals surface area contributed by atoms with Gasteiger partial charge in [-0.1, -0.05) is 0 Å². The summed E-state index contributed by atoms with van der Waals surface area (Å²) in [6.45, 7) is 2.11. The highest BCUT2D eigenvalue weighted by Crippen LogP contribution is 2.15. The Morgan fingerprint density at radius 2 is 2.17 bits per heavy atom. The molecule has 0 aromatic heterocycles. The molecular formula is C13H17FN2O2. The van der Waals surface area contributed by atoms with Gasteiger partial charge in [-0.2, -0.15) is 0 Å². The Balaban J connectivity index is 1.90.